The largest absolute Gasteiger partial charge is 0.493 e. The summed E-state index contributed by atoms with van der Waals surface area (Å²) in [7, 11) is 0. The Hall–Kier alpha value is -1.90. The number of ether oxygens (including phenoxy) is 1. The van der Waals surface area contributed by atoms with Gasteiger partial charge in [-0.15, -0.1) is 0 Å². The third kappa shape index (κ3) is 2.21. The highest BCUT2D eigenvalue weighted by Crippen LogP contribution is 2.28. The first-order chi connectivity index (χ1) is 9.15. The molecule has 2 heterocycles. The van der Waals surface area contributed by atoms with Crippen LogP contribution in [0.1, 0.15) is 35.5 Å². The summed E-state index contributed by atoms with van der Waals surface area (Å²) in [5, 5.41) is 0. The fourth-order valence-electron chi connectivity index (χ4n) is 2.62. The number of fused-ring (bicyclic) bond motifs is 1. The van der Waals surface area contributed by atoms with Crippen LogP contribution >= 0.6 is 0 Å². The van der Waals surface area contributed by atoms with Crippen molar-refractivity contribution < 1.29 is 4.74 Å². The molecule has 2 aromatic rings. The van der Waals surface area contributed by atoms with E-state index in [-0.39, 0.29) is 6.04 Å². The minimum Gasteiger partial charge on any atom is -0.493 e. The first-order valence-corrected chi connectivity index (χ1v) is 6.82. The van der Waals surface area contributed by atoms with Crippen molar-refractivity contribution in [2.45, 2.75) is 33.2 Å². The van der Waals surface area contributed by atoms with Gasteiger partial charge in [-0.2, -0.15) is 0 Å². The predicted molar refractivity (Wildman–Crippen MR) is 77.3 cm³/mol. The van der Waals surface area contributed by atoms with Gasteiger partial charge < -0.3 is 10.2 Å². The van der Waals surface area contributed by atoms with Crippen LogP contribution in [-0.4, -0.2) is 11.3 Å². The maximum Gasteiger partial charge on any atom is 0.122 e. The van der Waals surface area contributed by atoms with Crippen molar-refractivity contribution >= 4 is 0 Å². The van der Waals surface area contributed by atoms with E-state index in [2.05, 4.69) is 61.2 Å². The summed E-state index contributed by atoms with van der Waals surface area (Å²) in [6, 6.07) is 11.0. The van der Waals surface area contributed by atoms with Gasteiger partial charge in [-0.3, -0.25) is 4.68 Å². The molecule has 1 aromatic carbocycles. The van der Waals surface area contributed by atoms with Gasteiger partial charge in [-0.05, 0) is 56.2 Å². The van der Waals surface area contributed by atoms with Gasteiger partial charge in [0.1, 0.15) is 5.75 Å². The van der Waals surface area contributed by atoms with Gasteiger partial charge in [0.15, 0.2) is 0 Å². The maximum atomic E-state index is 5.55. The summed E-state index contributed by atoms with van der Waals surface area (Å²) in [6.45, 7) is 7.24. The molecule has 1 unspecified atom stereocenters. The van der Waals surface area contributed by atoms with E-state index in [1.165, 1.54) is 22.5 Å². The van der Waals surface area contributed by atoms with E-state index in [1.54, 1.807) is 0 Å². The molecule has 0 amide bonds. The number of aromatic nitrogens is 1. The van der Waals surface area contributed by atoms with Crippen LogP contribution in [0.2, 0.25) is 0 Å². The Morgan fingerprint density at radius 1 is 1.16 bits per heavy atom. The van der Waals surface area contributed by atoms with Crippen molar-refractivity contribution in [2.24, 2.45) is 0 Å². The summed E-state index contributed by atoms with van der Waals surface area (Å²) in [5.74, 6) is 1.05. The minimum absolute atomic E-state index is 0.274. The first-order valence-electron chi connectivity index (χ1n) is 6.82. The summed E-state index contributed by atoms with van der Waals surface area (Å²) in [5.41, 5.74) is 8.63. The minimum atomic E-state index is 0.274. The zero-order valence-electron chi connectivity index (χ0n) is 11.7. The molecule has 1 atom stereocenters. The Bertz CT molecular complexity index is 581. The molecule has 0 radical (unpaired) electrons. The molecule has 1 N–H and O–H groups in total. The molecule has 3 heteroatoms. The lowest BCUT2D eigenvalue weighted by molar-refractivity contribution is 0.357. The zero-order chi connectivity index (χ0) is 13.4. The quantitative estimate of drug-likeness (QED) is 0.911. The fourth-order valence-corrected chi connectivity index (χ4v) is 2.62. The Labute approximate surface area is 114 Å². The molecule has 3 nitrogen and oxygen atoms in total. The van der Waals surface area contributed by atoms with Crippen molar-refractivity contribution in [3.63, 3.8) is 0 Å². The van der Waals surface area contributed by atoms with Crippen LogP contribution in [0.4, 0.5) is 0 Å². The van der Waals surface area contributed by atoms with Crippen LogP contribution in [0.25, 0.3) is 0 Å². The van der Waals surface area contributed by atoms with E-state index in [0.29, 0.717) is 0 Å². The van der Waals surface area contributed by atoms with Crippen LogP contribution in [0.5, 0.6) is 5.75 Å². The first kappa shape index (κ1) is 12.2. The van der Waals surface area contributed by atoms with Crippen LogP contribution in [0.3, 0.4) is 0 Å². The topological polar surface area (TPSA) is 26.2 Å². The van der Waals surface area contributed by atoms with E-state index >= 15 is 0 Å². The van der Waals surface area contributed by atoms with E-state index in [4.69, 9.17) is 4.74 Å². The number of benzene rings is 1. The lowest BCUT2D eigenvalue weighted by atomic mass is 10.0. The lowest BCUT2D eigenvalue weighted by Crippen LogP contribution is -2.20. The highest BCUT2D eigenvalue weighted by molar-refractivity contribution is 5.41. The number of nitrogens with zero attached hydrogens (tertiary/aromatic N) is 1. The van der Waals surface area contributed by atoms with Gasteiger partial charge in [0, 0.05) is 17.8 Å². The summed E-state index contributed by atoms with van der Waals surface area (Å²) < 4.78 is 7.70. The highest BCUT2D eigenvalue weighted by Gasteiger charge is 2.15. The van der Waals surface area contributed by atoms with Crippen LogP contribution < -0.4 is 10.2 Å². The van der Waals surface area contributed by atoms with E-state index in [9.17, 15) is 0 Å². The predicted octanol–water partition coefficient (Wildman–Crippen LogP) is 3.34. The second-order valence-corrected chi connectivity index (χ2v) is 5.27. The standard InChI is InChI=1S/C16H20N2O/c1-11-4-5-12(2)18(11)17-13(3)14-6-7-16-15(10-14)8-9-19-16/h4-7,10,13,17H,8-9H2,1-3H3. The molecule has 0 fully saturated rings. The maximum absolute atomic E-state index is 5.55. The van der Waals surface area contributed by atoms with Crippen molar-refractivity contribution in [2.75, 3.05) is 12.0 Å². The Morgan fingerprint density at radius 2 is 1.89 bits per heavy atom. The lowest BCUT2D eigenvalue weighted by Gasteiger charge is -2.20. The molecule has 3 rings (SSSR count). The molecule has 19 heavy (non-hydrogen) atoms. The van der Waals surface area contributed by atoms with Crippen molar-refractivity contribution in [3.8, 4) is 5.75 Å². The average Bonchev–Trinajstić information content (AvgIpc) is 2.99. The number of aryl methyl sites for hydroxylation is 2. The molecule has 0 saturated heterocycles. The van der Waals surface area contributed by atoms with Gasteiger partial charge in [0.2, 0.25) is 0 Å². The number of hydrogen-bond donors (Lipinski definition) is 1. The molecular weight excluding hydrogens is 236 g/mol. The van der Waals surface area contributed by atoms with E-state index in [0.717, 1.165) is 18.8 Å². The van der Waals surface area contributed by atoms with Crippen molar-refractivity contribution in [3.05, 3.63) is 52.8 Å². The Kier molecular flexibility index (Phi) is 2.97. The number of nitrogens with one attached hydrogen (secondary N) is 1. The van der Waals surface area contributed by atoms with Crippen molar-refractivity contribution in [1.82, 2.24) is 4.68 Å². The van der Waals surface area contributed by atoms with Crippen molar-refractivity contribution in [1.29, 1.82) is 0 Å². The fraction of sp³-hybridized carbons (Fsp3) is 0.375. The molecule has 1 aliphatic heterocycles. The zero-order valence-corrected chi connectivity index (χ0v) is 11.7. The molecule has 0 saturated carbocycles. The summed E-state index contributed by atoms with van der Waals surface area (Å²) >= 11 is 0. The van der Waals surface area contributed by atoms with Gasteiger partial charge in [-0.1, -0.05) is 6.07 Å². The van der Waals surface area contributed by atoms with Gasteiger partial charge in [-0.25, -0.2) is 0 Å². The second-order valence-electron chi connectivity index (χ2n) is 5.27. The van der Waals surface area contributed by atoms with Gasteiger partial charge in [0.05, 0.1) is 12.6 Å². The smallest absolute Gasteiger partial charge is 0.122 e. The summed E-state index contributed by atoms with van der Waals surface area (Å²) in [4.78, 5) is 0. The molecule has 1 aromatic heterocycles. The van der Waals surface area contributed by atoms with Gasteiger partial charge in [0.25, 0.3) is 0 Å². The van der Waals surface area contributed by atoms with Gasteiger partial charge >= 0.3 is 0 Å². The molecular formula is C16H20N2O. The number of hydrogen-bond acceptors (Lipinski definition) is 2. The molecule has 1 aliphatic rings. The monoisotopic (exact) mass is 256 g/mol. The molecule has 0 aliphatic carbocycles. The number of rotatable bonds is 3. The third-order valence-corrected chi connectivity index (χ3v) is 3.81. The molecule has 0 bridgehead atoms. The summed E-state index contributed by atoms with van der Waals surface area (Å²) in [6.07, 6.45) is 1.03. The van der Waals surface area contributed by atoms with E-state index in [1.807, 2.05) is 0 Å². The van der Waals surface area contributed by atoms with Crippen LogP contribution in [0.15, 0.2) is 30.3 Å². The van der Waals surface area contributed by atoms with Crippen LogP contribution in [-0.2, 0) is 6.42 Å². The van der Waals surface area contributed by atoms with E-state index < -0.39 is 0 Å². The van der Waals surface area contributed by atoms with Crippen LogP contribution in [0, 0.1) is 13.8 Å². The molecule has 100 valence electrons. The normalized spacial score (nSPS) is 14.9. The Morgan fingerprint density at radius 3 is 2.63 bits per heavy atom. The SMILES string of the molecule is Cc1ccc(C)n1NC(C)c1ccc2c(c1)CCO2. The molecule has 0 spiro atoms. The Balaban J connectivity index is 1.82. The highest BCUT2D eigenvalue weighted by atomic mass is 16.5. The average molecular weight is 256 g/mol. The second kappa shape index (κ2) is 4.65. The third-order valence-electron chi connectivity index (χ3n) is 3.81.